The van der Waals surface area contributed by atoms with E-state index in [9.17, 15) is 9.59 Å². The molecular formula is C6H13N3O3. The number of amides is 2. The fraction of sp³-hybridized carbons (Fsp3) is 0.667. The predicted molar refractivity (Wildman–Crippen MR) is 41.8 cm³/mol. The number of carbonyl (C=O) groups excluding carboxylic acids is 2. The van der Waals surface area contributed by atoms with Gasteiger partial charge in [-0.15, -0.1) is 0 Å². The fourth-order valence-electron chi connectivity index (χ4n) is 0.486. The van der Waals surface area contributed by atoms with E-state index in [1.54, 1.807) is 0 Å². The molecule has 0 saturated carbocycles. The van der Waals surface area contributed by atoms with Crippen molar-refractivity contribution in [3.63, 3.8) is 0 Å². The van der Waals surface area contributed by atoms with E-state index in [2.05, 4.69) is 15.6 Å². The van der Waals surface area contributed by atoms with E-state index < -0.39 is 0 Å². The minimum Gasteiger partial charge on any atom is -0.358 e. The smallest absolute Gasteiger partial charge is 0.245 e. The monoisotopic (exact) mass is 175 g/mol. The molecule has 0 aromatic rings. The molecule has 0 atom stereocenters. The lowest BCUT2D eigenvalue weighted by Gasteiger charge is -2.03. The van der Waals surface area contributed by atoms with Crippen LogP contribution in [-0.2, 0) is 14.4 Å². The van der Waals surface area contributed by atoms with Gasteiger partial charge in [0, 0.05) is 19.5 Å². The van der Waals surface area contributed by atoms with Crippen molar-refractivity contribution in [2.45, 2.75) is 6.42 Å². The van der Waals surface area contributed by atoms with Crippen LogP contribution in [0.4, 0.5) is 0 Å². The maximum absolute atomic E-state index is 10.8. The zero-order valence-electron chi connectivity index (χ0n) is 6.71. The zero-order chi connectivity index (χ0) is 9.23. The lowest BCUT2D eigenvalue weighted by molar-refractivity contribution is -0.133. The lowest BCUT2D eigenvalue weighted by Crippen LogP contribution is -2.29. The summed E-state index contributed by atoms with van der Waals surface area (Å²) in [6, 6.07) is 0. The second-order valence-corrected chi connectivity index (χ2v) is 1.98. The van der Waals surface area contributed by atoms with E-state index in [-0.39, 0.29) is 18.9 Å². The molecule has 0 rings (SSSR count). The van der Waals surface area contributed by atoms with Crippen LogP contribution in [0.1, 0.15) is 6.42 Å². The quantitative estimate of drug-likeness (QED) is 0.240. The Hall–Kier alpha value is -1.14. The standard InChI is InChI=1S/C6H13N3O3/c7-2-4-12-9-6(11)1-3-8-5-10/h5H,1-4,7H2,(H,8,10)(H,9,11). The third-order valence-electron chi connectivity index (χ3n) is 0.986. The molecule has 0 spiro atoms. The van der Waals surface area contributed by atoms with E-state index in [0.717, 1.165) is 0 Å². The van der Waals surface area contributed by atoms with Crippen molar-refractivity contribution in [3.8, 4) is 0 Å². The minimum absolute atomic E-state index is 0.198. The van der Waals surface area contributed by atoms with Crippen molar-refractivity contribution in [2.24, 2.45) is 5.73 Å². The third kappa shape index (κ3) is 6.97. The van der Waals surface area contributed by atoms with E-state index in [1.807, 2.05) is 0 Å². The van der Waals surface area contributed by atoms with Crippen LogP contribution in [0.15, 0.2) is 0 Å². The van der Waals surface area contributed by atoms with Gasteiger partial charge in [0.2, 0.25) is 12.3 Å². The molecule has 70 valence electrons. The van der Waals surface area contributed by atoms with Crippen LogP contribution >= 0.6 is 0 Å². The Bertz CT molecular complexity index is 140. The van der Waals surface area contributed by atoms with E-state index >= 15 is 0 Å². The van der Waals surface area contributed by atoms with Crippen LogP contribution in [0.5, 0.6) is 0 Å². The molecule has 0 aromatic carbocycles. The second-order valence-electron chi connectivity index (χ2n) is 1.98. The summed E-state index contributed by atoms with van der Waals surface area (Å²) in [5.74, 6) is -0.280. The highest BCUT2D eigenvalue weighted by Gasteiger charge is 1.98. The highest BCUT2D eigenvalue weighted by atomic mass is 16.6. The Morgan fingerprint density at radius 3 is 2.92 bits per heavy atom. The van der Waals surface area contributed by atoms with Gasteiger partial charge in [-0.05, 0) is 0 Å². The van der Waals surface area contributed by atoms with E-state index in [0.29, 0.717) is 19.5 Å². The maximum atomic E-state index is 10.8. The summed E-state index contributed by atoms with van der Waals surface area (Å²) in [6.45, 7) is 0.945. The summed E-state index contributed by atoms with van der Waals surface area (Å²) in [4.78, 5) is 25.2. The van der Waals surface area contributed by atoms with Crippen LogP contribution in [0.3, 0.4) is 0 Å². The molecule has 0 unspecified atom stereocenters. The maximum Gasteiger partial charge on any atom is 0.245 e. The fourth-order valence-corrected chi connectivity index (χ4v) is 0.486. The number of nitrogens with two attached hydrogens (primary N) is 1. The molecule has 12 heavy (non-hydrogen) atoms. The van der Waals surface area contributed by atoms with E-state index in [4.69, 9.17) is 5.73 Å². The van der Waals surface area contributed by atoms with Gasteiger partial charge in [-0.3, -0.25) is 14.4 Å². The summed E-state index contributed by atoms with van der Waals surface area (Å²) in [5.41, 5.74) is 7.27. The first-order valence-electron chi connectivity index (χ1n) is 3.59. The number of rotatable bonds is 7. The van der Waals surface area contributed by atoms with Gasteiger partial charge in [0.1, 0.15) is 0 Å². The number of carbonyl (C=O) groups is 2. The van der Waals surface area contributed by atoms with E-state index in [1.165, 1.54) is 0 Å². The van der Waals surface area contributed by atoms with Crippen molar-refractivity contribution in [1.82, 2.24) is 10.8 Å². The number of nitrogens with one attached hydrogen (secondary N) is 2. The van der Waals surface area contributed by atoms with Gasteiger partial charge in [-0.2, -0.15) is 0 Å². The first kappa shape index (κ1) is 10.9. The largest absolute Gasteiger partial charge is 0.358 e. The molecule has 0 aliphatic carbocycles. The molecule has 0 radical (unpaired) electrons. The van der Waals surface area contributed by atoms with Gasteiger partial charge in [0.15, 0.2) is 0 Å². The zero-order valence-corrected chi connectivity index (χ0v) is 6.71. The van der Waals surface area contributed by atoms with Crippen molar-refractivity contribution < 1.29 is 14.4 Å². The van der Waals surface area contributed by atoms with Gasteiger partial charge >= 0.3 is 0 Å². The van der Waals surface area contributed by atoms with Crippen LogP contribution in [0.2, 0.25) is 0 Å². The van der Waals surface area contributed by atoms with Crippen LogP contribution < -0.4 is 16.5 Å². The lowest BCUT2D eigenvalue weighted by atomic mass is 10.4. The molecule has 6 heteroatoms. The van der Waals surface area contributed by atoms with Gasteiger partial charge in [-0.1, -0.05) is 0 Å². The molecule has 0 bridgehead atoms. The van der Waals surface area contributed by atoms with Crippen molar-refractivity contribution in [2.75, 3.05) is 19.7 Å². The summed E-state index contributed by atoms with van der Waals surface area (Å²) in [6.07, 6.45) is 0.733. The summed E-state index contributed by atoms with van der Waals surface area (Å²) in [5, 5.41) is 2.35. The van der Waals surface area contributed by atoms with Gasteiger partial charge in [0.25, 0.3) is 0 Å². The van der Waals surface area contributed by atoms with Gasteiger partial charge in [-0.25, -0.2) is 5.48 Å². The predicted octanol–water partition coefficient (Wildman–Crippen LogP) is -1.87. The third-order valence-corrected chi connectivity index (χ3v) is 0.986. The summed E-state index contributed by atoms with van der Waals surface area (Å²) in [7, 11) is 0. The van der Waals surface area contributed by atoms with Gasteiger partial charge in [0.05, 0.1) is 6.61 Å². The summed E-state index contributed by atoms with van der Waals surface area (Å²) < 4.78 is 0. The van der Waals surface area contributed by atoms with Crippen molar-refractivity contribution in [3.05, 3.63) is 0 Å². The van der Waals surface area contributed by atoms with Crippen LogP contribution in [-0.4, -0.2) is 32.0 Å². The normalized spacial score (nSPS) is 9.08. The second kappa shape index (κ2) is 7.96. The Labute approximate surface area is 70.4 Å². The minimum atomic E-state index is -0.280. The molecule has 0 saturated heterocycles. The molecule has 4 N–H and O–H groups in total. The Morgan fingerprint density at radius 2 is 2.33 bits per heavy atom. The summed E-state index contributed by atoms with van der Waals surface area (Å²) >= 11 is 0. The molecule has 0 aliphatic rings. The van der Waals surface area contributed by atoms with Crippen LogP contribution in [0, 0.1) is 0 Å². The topological polar surface area (TPSA) is 93.4 Å². The Morgan fingerprint density at radius 1 is 1.58 bits per heavy atom. The average molecular weight is 175 g/mol. The van der Waals surface area contributed by atoms with Crippen molar-refractivity contribution in [1.29, 1.82) is 0 Å². The molecule has 2 amide bonds. The van der Waals surface area contributed by atoms with Gasteiger partial charge < -0.3 is 11.1 Å². The molecule has 0 aliphatic heterocycles. The number of hydrogen-bond acceptors (Lipinski definition) is 4. The number of hydroxylamine groups is 1. The SMILES string of the molecule is NCCONC(=O)CCNC=O. The molecule has 0 aromatic heterocycles. The Balaban J connectivity index is 3.15. The highest BCUT2D eigenvalue weighted by Crippen LogP contribution is 1.76. The molecular weight excluding hydrogens is 162 g/mol. The highest BCUT2D eigenvalue weighted by molar-refractivity contribution is 5.75. The average Bonchev–Trinajstić information content (AvgIpc) is 2.06. The molecule has 6 nitrogen and oxygen atoms in total. The molecule has 0 heterocycles. The number of hydrogen-bond donors (Lipinski definition) is 3. The molecule has 0 fully saturated rings. The van der Waals surface area contributed by atoms with Crippen LogP contribution in [0.25, 0.3) is 0 Å². The Kier molecular flexibility index (Phi) is 7.21. The first-order chi connectivity index (χ1) is 5.81. The first-order valence-corrected chi connectivity index (χ1v) is 3.59. The van der Waals surface area contributed by atoms with Crippen molar-refractivity contribution >= 4 is 12.3 Å².